The van der Waals surface area contributed by atoms with Crippen LogP contribution in [-0.2, 0) is 15.7 Å². The van der Waals surface area contributed by atoms with E-state index in [1.165, 1.54) is 19.2 Å². The van der Waals surface area contributed by atoms with Gasteiger partial charge in [-0.25, -0.2) is 0 Å². The van der Waals surface area contributed by atoms with Crippen molar-refractivity contribution < 1.29 is 32.9 Å². The molecule has 1 saturated carbocycles. The molecule has 4 unspecified atom stereocenters. The van der Waals surface area contributed by atoms with E-state index < -0.39 is 41.8 Å². The number of hydrogen-bond donors (Lipinski definition) is 3. The molecule has 1 aromatic rings. The Balaban J connectivity index is 2.20. The quantitative estimate of drug-likeness (QED) is 0.769. The second kappa shape index (κ2) is 6.86. The van der Waals surface area contributed by atoms with Gasteiger partial charge in [-0.1, -0.05) is 12.1 Å². The molecule has 128 valence electrons. The standard InChI is InChI=1S/C15H18F3NO4/c1-23-7-12(21)19-13-10(6-11(20)14(13)22)8-2-4-9(5-3-8)15(16,17)18/h2-5,10-11,13-14,20,22H,6-7H2,1H3,(H,19,21). The lowest BCUT2D eigenvalue weighted by atomic mass is 9.92. The molecule has 5 nitrogen and oxygen atoms in total. The van der Waals surface area contributed by atoms with E-state index in [1.807, 2.05) is 0 Å². The number of aliphatic hydroxyl groups is 2. The van der Waals surface area contributed by atoms with E-state index in [4.69, 9.17) is 0 Å². The number of rotatable bonds is 4. The summed E-state index contributed by atoms with van der Waals surface area (Å²) in [5, 5.41) is 22.4. The van der Waals surface area contributed by atoms with Crippen LogP contribution in [0.25, 0.3) is 0 Å². The third-order valence-corrected chi connectivity index (χ3v) is 3.96. The normalized spacial score (nSPS) is 27.9. The molecular weight excluding hydrogens is 315 g/mol. The molecule has 1 aliphatic carbocycles. The van der Waals surface area contributed by atoms with Gasteiger partial charge in [-0.2, -0.15) is 13.2 Å². The SMILES string of the molecule is COCC(=O)NC1C(c2ccc(C(F)(F)F)cc2)CC(O)C1O. The van der Waals surface area contributed by atoms with Gasteiger partial charge < -0.3 is 20.3 Å². The summed E-state index contributed by atoms with van der Waals surface area (Å²) < 4.78 is 42.5. The summed E-state index contributed by atoms with van der Waals surface area (Å²) in [4.78, 5) is 11.6. The van der Waals surface area contributed by atoms with Gasteiger partial charge in [-0.15, -0.1) is 0 Å². The topological polar surface area (TPSA) is 78.8 Å². The van der Waals surface area contributed by atoms with E-state index in [2.05, 4.69) is 10.1 Å². The van der Waals surface area contributed by atoms with Gasteiger partial charge in [0.25, 0.3) is 0 Å². The second-order valence-electron chi connectivity index (χ2n) is 5.55. The minimum Gasteiger partial charge on any atom is -0.390 e. The predicted molar refractivity (Wildman–Crippen MR) is 74.6 cm³/mol. The Morgan fingerprint density at radius 1 is 1.30 bits per heavy atom. The minimum atomic E-state index is -4.43. The van der Waals surface area contributed by atoms with Crippen LogP contribution in [0.2, 0.25) is 0 Å². The highest BCUT2D eigenvalue weighted by molar-refractivity contribution is 5.77. The van der Waals surface area contributed by atoms with Gasteiger partial charge in [0, 0.05) is 13.0 Å². The number of halogens is 3. The molecule has 1 amide bonds. The van der Waals surface area contributed by atoms with Gasteiger partial charge in [0.05, 0.1) is 17.7 Å². The van der Waals surface area contributed by atoms with Gasteiger partial charge >= 0.3 is 6.18 Å². The summed E-state index contributed by atoms with van der Waals surface area (Å²) in [6.45, 7) is -0.209. The van der Waals surface area contributed by atoms with E-state index in [0.29, 0.717) is 5.56 Å². The van der Waals surface area contributed by atoms with Crippen molar-refractivity contribution in [2.75, 3.05) is 13.7 Å². The number of hydrogen-bond acceptors (Lipinski definition) is 4. The number of ether oxygens (including phenoxy) is 1. The third kappa shape index (κ3) is 4.01. The first-order valence-corrected chi connectivity index (χ1v) is 7.05. The molecular formula is C15H18F3NO4. The van der Waals surface area contributed by atoms with Crippen LogP contribution in [0.1, 0.15) is 23.5 Å². The van der Waals surface area contributed by atoms with Gasteiger partial charge in [-0.3, -0.25) is 4.79 Å². The Labute approximate surface area is 131 Å². The molecule has 0 saturated heterocycles. The smallest absolute Gasteiger partial charge is 0.390 e. The lowest BCUT2D eigenvalue weighted by Gasteiger charge is -2.24. The number of alkyl halides is 3. The van der Waals surface area contributed by atoms with Crippen LogP contribution in [0.4, 0.5) is 13.2 Å². The number of nitrogens with one attached hydrogen (secondary N) is 1. The molecule has 23 heavy (non-hydrogen) atoms. The van der Waals surface area contributed by atoms with Crippen molar-refractivity contribution in [1.82, 2.24) is 5.32 Å². The van der Waals surface area contributed by atoms with Crippen molar-refractivity contribution in [3.8, 4) is 0 Å². The number of carbonyl (C=O) groups is 1. The van der Waals surface area contributed by atoms with Crippen LogP contribution in [0.5, 0.6) is 0 Å². The maximum atomic E-state index is 12.6. The highest BCUT2D eigenvalue weighted by Gasteiger charge is 2.43. The maximum Gasteiger partial charge on any atom is 0.416 e. The Kier molecular flexibility index (Phi) is 5.28. The summed E-state index contributed by atoms with van der Waals surface area (Å²) in [7, 11) is 1.34. The number of amides is 1. The number of carbonyl (C=O) groups excluding carboxylic acids is 1. The molecule has 0 radical (unpaired) electrons. The van der Waals surface area contributed by atoms with Crippen molar-refractivity contribution in [2.45, 2.75) is 36.8 Å². The van der Waals surface area contributed by atoms with Crippen molar-refractivity contribution in [2.24, 2.45) is 0 Å². The molecule has 1 fully saturated rings. The molecule has 2 rings (SSSR count). The first-order chi connectivity index (χ1) is 10.7. The van der Waals surface area contributed by atoms with E-state index in [-0.39, 0.29) is 13.0 Å². The van der Waals surface area contributed by atoms with Crippen molar-refractivity contribution in [1.29, 1.82) is 0 Å². The van der Waals surface area contributed by atoms with Crippen LogP contribution in [0.15, 0.2) is 24.3 Å². The van der Waals surface area contributed by atoms with Crippen LogP contribution in [0.3, 0.4) is 0 Å². The van der Waals surface area contributed by atoms with Crippen LogP contribution in [-0.4, -0.2) is 48.1 Å². The average molecular weight is 333 g/mol. The van der Waals surface area contributed by atoms with Crippen molar-refractivity contribution in [3.05, 3.63) is 35.4 Å². The first kappa shape index (κ1) is 17.7. The lowest BCUT2D eigenvalue weighted by molar-refractivity contribution is -0.137. The Hall–Kier alpha value is -1.64. The summed E-state index contributed by atoms with van der Waals surface area (Å²) >= 11 is 0. The molecule has 4 atom stereocenters. The number of methoxy groups -OCH3 is 1. The minimum absolute atomic E-state index is 0.143. The Morgan fingerprint density at radius 3 is 2.43 bits per heavy atom. The molecule has 0 bridgehead atoms. The van der Waals surface area contributed by atoms with Gasteiger partial charge in [-0.05, 0) is 24.1 Å². The average Bonchev–Trinajstić information content (AvgIpc) is 2.75. The third-order valence-electron chi connectivity index (χ3n) is 3.96. The fourth-order valence-electron chi connectivity index (χ4n) is 2.83. The molecule has 0 heterocycles. The molecule has 0 aromatic heterocycles. The van der Waals surface area contributed by atoms with Crippen LogP contribution < -0.4 is 5.32 Å². The number of benzene rings is 1. The Bertz CT molecular complexity index is 547. The molecule has 8 heteroatoms. The molecule has 1 aliphatic rings. The molecule has 1 aromatic carbocycles. The summed E-state index contributed by atoms with van der Waals surface area (Å²) in [6.07, 6.45) is -6.54. The summed E-state index contributed by atoms with van der Waals surface area (Å²) in [5.41, 5.74) is -0.267. The molecule has 0 aliphatic heterocycles. The van der Waals surface area contributed by atoms with Gasteiger partial charge in [0.1, 0.15) is 12.7 Å². The van der Waals surface area contributed by atoms with E-state index in [0.717, 1.165) is 12.1 Å². The van der Waals surface area contributed by atoms with Crippen LogP contribution in [0, 0.1) is 0 Å². The van der Waals surface area contributed by atoms with E-state index in [1.54, 1.807) is 0 Å². The second-order valence-corrected chi connectivity index (χ2v) is 5.55. The van der Waals surface area contributed by atoms with Crippen LogP contribution >= 0.6 is 0 Å². The van der Waals surface area contributed by atoms with Gasteiger partial charge in [0.15, 0.2) is 0 Å². The predicted octanol–water partition coefficient (Wildman–Crippen LogP) is 1.05. The van der Waals surface area contributed by atoms with Crippen molar-refractivity contribution in [3.63, 3.8) is 0 Å². The van der Waals surface area contributed by atoms with Crippen molar-refractivity contribution >= 4 is 5.91 Å². The van der Waals surface area contributed by atoms with E-state index >= 15 is 0 Å². The fraction of sp³-hybridized carbons (Fsp3) is 0.533. The molecule has 3 N–H and O–H groups in total. The summed E-state index contributed by atoms with van der Waals surface area (Å²) in [5.74, 6) is -0.953. The lowest BCUT2D eigenvalue weighted by Crippen LogP contribution is -2.46. The highest BCUT2D eigenvalue weighted by Crippen LogP contribution is 2.37. The molecule has 0 spiro atoms. The maximum absolute atomic E-state index is 12.6. The first-order valence-electron chi connectivity index (χ1n) is 7.05. The number of aliphatic hydroxyl groups excluding tert-OH is 2. The van der Waals surface area contributed by atoms with Gasteiger partial charge in [0.2, 0.25) is 5.91 Å². The highest BCUT2D eigenvalue weighted by atomic mass is 19.4. The zero-order valence-electron chi connectivity index (χ0n) is 12.4. The largest absolute Gasteiger partial charge is 0.416 e. The van der Waals surface area contributed by atoms with E-state index in [9.17, 15) is 28.2 Å². The monoisotopic (exact) mass is 333 g/mol. The zero-order chi connectivity index (χ0) is 17.2. The Morgan fingerprint density at radius 2 is 1.91 bits per heavy atom. The zero-order valence-corrected chi connectivity index (χ0v) is 12.4. The fourth-order valence-corrected chi connectivity index (χ4v) is 2.83. The summed E-state index contributed by atoms with van der Waals surface area (Å²) in [6, 6.07) is 3.70.